The van der Waals surface area contributed by atoms with Gasteiger partial charge < -0.3 is 19.9 Å². The van der Waals surface area contributed by atoms with E-state index in [9.17, 15) is 18.3 Å². The lowest BCUT2D eigenvalue weighted by Gasteiger charge is -2.36. The summed E-state index contributed by atoms with van der Waals surface area (Å²) in [4.78, 5) is 12.2. The highest BCUT2D eigenvalue weighted by Crippen LogP contribution is 2.24. The molecule has 0 radical (unpaired) electrons. The Morgan fingerprint density at radius 3 is 2.26 bits per heavy atom. The van der Waals surface area contributed by atoms with Crippen LogP contribution in [0.25, 0.3) is 0 Å². The third-order valence-corrected chi connectivity index (χ3v) is 5.49. The number of nitrogens with one attached hydrogen (secondary N) is 1. The summed E-state index contributed by atoms with van der Waals surface area (Å²) in [5.41, 5.74) is -2.56. The molecule has 23 heavy (non-hydrogen) atoms. The Balaban J connectivity index is 1.91. The summed E-state index contributed by atoms with van der Waals surface area (Å²) in [5.74, 6) is 0.0649. The van der Waals surface area contributed by atoms with Gasteiger partial charge in [0.15, 0.2) is 15.4 Å². The zero-order valence-electron chi connectivity index (χ0n) is 13.3. The molecule has 1 saturated heterocycles. The van der Waals surface area contributed by atoms with E-state index in [1.807, 2.05) is 0 Å². The van der Waals surface area contributed by atoms with E-state index in [0.717, 1.165) is 0 Å². The second-order valence-corrected chi connectivity index (χ2v) is 8.29. The first-order valence-electron chi connectivity index (χ1n) is 7.09. The van der Waals surface area contributed by atoms with Crippen molar-refractivity contribution in [1.29, 1.82) is 0 Å². The molecule has 0 aliphatic carbocycles. The molecule has 8 heteroatoms. The molecule has 1 aliphatic rings. The van der Waals surface area contributed by atoms with E-state index in [-0.39, 0.29) is 18.1 Å². The van der Waals surface area contributed by atoms with Crippen LogP contribution in [-0.2, 0) is 14.6 Å². The summed E-state index contributed by atoms with van der Waals surface area (Å²) >= 11 is 0. The van der Waals surface area contributed by atoms with Crippen molar-refractivity contribution in [1.82, 2.24) is 5.32 Å². The number of carbonyl (C=O) groups excluding carboxylic acids is 1. The molecule has 0 bridgehead atoms. The number of hydrogen-bond donors (Lipinski definition) is 2. The molecule has 1 amide bonds. The molecule has 1 fully saturated rings. The van der Waals surface area contributed by atoms with Crippen molar-refractivity contribution in [3.05, 3.63) is 24.3 Å². The second kappa shape index (κ2) is 6.01. The van der Waals surface area contributed by atoms with Gasteiger partial charge in [-0.05, 0) is 38.1 Å². The van der Waals surface area contributed by atoms with Gasteiger partial charge in [-0.2, -0.15) is 0 Å². The standard InChI is InChI=1S/C15H21NO6S/c1-14(2,22-12-6-4-11(21-3)5-7-12)13(17)16-8-15(18)9-23(19,20)10-15/h4-7,18H,8-10H2,1-3H3,(H,16,17). The van der Waals surface area contributed by atoms with Gasteiger partial charge >= 0.3 is 0 Å². The van der Waals surface area contributed by atoms with Gasteiger partial charge in [0.2, 0.25) is 0 Å². The Morgan fingerprint density at radius 2 is 1.78 bits per heavy atom. The molecule has 2 rings (SSSR count). The first-order valence-corrected chi connectivity index (χ1v) is 8.92. The average Bonchev–Trinajstić information content (AvgIpc) is 2.43. The fourth-order valence-electron chi connectivity index (χ4n) is 2.32. The largest absolute Gasteiger partial charge is 0.497 e. The van der Waals surface area contributed by atoms with Gasteiger partial charge in [0.25, 0.3) is 5.91 Å². The quantitative estimate of drug-likeness (QED) is 0.761. The Morgan fingerprint density at radius 1 is 1.26 bits per heavy atom. The summed E-state index contributed by atoms with van der Waals surface area (Å²) in [5, 5.41) is 12.5. The summed E-state index contributed by atoms with van der Waals surface area (Å²) in [7, 11) is -1.62. The molecule has 2 N–H and O–H groups in total. The van der Waals surface area contributed by atoms with E-state index < -0.39 is 26.9 Å². The molecule has 128 valence electrons. The number of benzene rings is 1. The van der Waals surface area contributed by atoms with Crippen molar-refractivity contribution >= 4 is 15.7 Å². The SMILES string of the molecule is COc1ccc(OC(C)(C)C(=O)NCC2(O)CS(=O)(=O)C2)cc1. The molecular weight excluding hydrogens is 322 g/mol. The molecule has 0 atom stereocenters. The smallest absolute Gasteiger partial charge is 0.263 e. The molecule has 1 aliphatic heterocycles. The average molecular weight is 343 g/mol. The summed E-state index contributed by atoms with van der Waals surface area (Å²) < 4.78 is 33.0. The van der Waals surface area contributed by atoms with Crippen LogP contribution < -0.4 is 14.8 Å². The van der Waals surface area contributed by atoms with E-state index in [4.69, 9.17) is 9.47 Å². The highest BCUT2D eigenvalue weighted by molar-refractivity contribution is 7.93. The van der Waals surface area contributed by atoms with Crippen molar-refractivity contribution in [3.8, 4) is 11.5 Å². The van der Waals surface area contributed by atoms with Crippen molar-refractivity contribution in [2.45, 2.75) is 25.0 Å². The third-order valence-electron chi connectivity index (χ3n) is 3.53. The van der Waals surface area contributed by atoms with E-state index in [1.165, 1.54) is 0 Å². The topological polar surface area (TPSA) is 102 Å². The molecule has 0 aromatic heterocycles. The normalized spacial score (nSPS) is 18.6. The number of amides is 1. The number of methoxy groups -OCH3 is 1. The number of ether oxygens (including phenoxy) is 2. The molecule has 0 spiro atoms. The fourth-order valence-corrected chi connectivity index (χ4v) is 4.08. The van der Waals surface area contributed by atoms with Crippen LogP contribution in [0.1, 0.15) is 13.8 Å². The van der Waals surface area contributed by atoms with E-state index in [2.05, 4.69) is 5.32 Å². The lowest BCUT2D eigenvalue weighted by Crippen LogP contribution is -2.62. The zero-order chi connectivity index (χ0) is 17.3. The molecule has 1 heterocycles. The highest BCUT2D eigenvalue weighted by atomic mass is 32.2. The van der Waals surface area contributed by atoms with Crippen molar-refractivity contribution in [2.24, 2.45) is 0 Å². The van der Waals surface area contributed by atoms with Crippen LogP contribution in [0, 0.1) is 0 Å². The Labute approximate surface area is 135 Å². The number of carbonyl (C=O) groups is 1. The van der Waals surface area contributed by atoms with Crippen molar-refractivity contribution in [2.75, 3.05) is 25.2 Å². The van der Waals surface area contributed by atoms with Crippen molar-refractivity contribution in [3.63, 3.8) is 0 Å². The van der Waals surface area contributed by atoms with Crippen LogP contribution in [0.2, 0.25) is 0 Å². The number of hydrogen-bond acceptors (Lipinski definition) is 6. The Hall–Kier alpha value is -1.80. The first kappa shape index (κ1) is 17.6. The molecule has 1 aromatic rings. The maximum Gasteiger partial charge on any atom is 0.263 e. The van der Waals surface area contributed by atoms with Gasteiger partial charge in [-0.3, -0.25) is 4.79 Å². The van der Waals surface area contributed by atoms with Crippen LogP contribution in [0.4, 0.5) is 0 Å². The second-order valence-electron chi connectivity index (χ2n) is 6.23. The molecule has 1 aromatic carbocycles. The molecule has 0 saturated carbocycles. The number of rotatable bonds is 6. The van der Waals surface area contributed by atoms with Crippen LogP contribution in [0.15, 0.2) is 24.3 Å². The molecule has 7 nitrogen and oxygen atoms in total. The summed E-state index contributed by atoms with van der Waals surface area (Å²) in [6.45, 7) is 3.06. The lowest BCUT2D eigenvalue weighted by atomic mass is 10.1. The predicted octanol–water partition coefficient (Wildman–Crippen LogP) is 0.128. The van der Waals surface area contributed by atoms with E-state index in [1.54, 1.807) is 45.2 Å². The maximum absolute atomic E-state index is 12.2. The maximum atomic E-state index is 12.2. The van der Waals surface area contributed by atoms with Gasteiger partial charge in [-0.15, -0.1) is 0 Å². The van der Waals surface area contributed by atoms with Gasteiger partial charge in [0, 0.05) is 6.54 Å². The minimum Gasteiger partial charge on any atom is -0.497 e. The van der Waals surface area contributed by atoms with E-state index >= 15 is 0 Å². The van der Waals surface area contributed by atoms with Crippen molar-refractivity contribution < 1.29 is 27.8 Å². The molecule has 0 unspecified atom stereocenters. The Kier molecular flexibility index (Phi) is 4.59. The monoisotopic (exact) mass is 343 g/mol. The van der Waals surface area contributed by atoms with Crippen LogP contribution in [0.3, 0.4) is 0 Å². The predicted molar refractivity (Wildman–Crippen MR) is 84.3 cm³/mol. The van der Waals surface area contributed by atoms with Crippen LogP contribution >= 0.6 is 0 Å². The van der Waals surface area contributed by atoms with Gasteiger partial charge in [-0.25, -0.2) is 8.42 Å². The van der Waals surface area contributed by atoms with Gasteiger partial charge in [-0.1, -0.05) is 0 Å². The minimum atomic E-state index is -3.17. The summed E-state index contributed by atoms with van der Waals surface area (Å²) in [6.07, 6.45) is 0. The van der Waals surface area contributed by atoms with Gasteiger partial charge in [0.05, 0.1) is 18.6 Å². The number of aliphatic hydroxyl groups is 1. The fraction of sp³-hybridized carbons (Fsp3) is 0.533. The summed E-state index contributed by atoms with van der Waals surface area (Å²) in [6, 6.07) is 6.79. The van der Waals surface area contributed by atoms with Crippen LogP contribution in [0.5, 0.6) is 11.5 Å². The number of sulfone groups is 1. The minimum absolute atomic E-state index is 0.125. The van der Waals surface area contributed by atoms with Gasteiger partial charge in [0.1, 0.15) is 17.1 Å². The van der Waals surface area contributed by atoms with E-state index in [0.29, 0.717) is 11.5 Å². The Bertz CT molecular complexity index is 668. The third kappa shape index (κ3) is 4.35. The lowest BCUT2D eigenvalue weighted by molar-refractivity contribution is -0.135. The zero-order valence-corrected chi connectivity index (χ0v) is 14.1. The first-order chi connectivity index (χ1) is 10.6. The van der Waals surface area contributed by atoms with Crippen LogP contribution in [-0.4, -0.2) is 55.8 Å². The highest BCUT2D eigenvalue weighted by Gasteiger charge is 2.47. The molecular formula is C15H21NO6S.